The molecule has 2 N–H and O–H groups in total. The van der Waals surface area contributed by atoms with E-state index in [0.717, 1.165) is 12.5 Å². The van der Waals surface area contributed by atoms with Crippen LogP contribution in [-0.2, 0) is 0 Å². The Morgan fingerprint density at radius 1 is 1.12 bits per heavy atom. The topological polar surface area (TPSA) is 29.3 Å². The molecule has 1 fully saturated rings. The average Bonchev–Trinajstić information content (AvgIpc) is 2.39. The van der Waals surface area contributed by atoms with Gasteiger partial charge in [0.25, 0.3) is 0 Å². The Morgan fingerprint density at radius 3 is 2.31 bits per heavy atom. The van der Waals surface area contributed by atoms with Gasteiger partial charge in [0.15, 0.2) is 0 Å². The molecule has 0 saturated heterocycles. The van der Waals surface area contributed by atoms with E-state index in [9.17, 15) is 0 Å². The van der Waals surface area contributed by atoms with Crippen molar-refractivity contribution in [2.24, 2.45) is 17.1 Å². The zero-order valence-electron chi connectivity index (χ0n) is 11.6. The average molecular weight is 226 g/mol. The summed E-state index contributed by atoms with van der Waals surface area (Å²) in [5.41, 5.74) is 6.33. The van der Waals surface area contributed by atoms with Crippen molar-refractivity contribution < 1.29 is 0 Å². The first-order valence-electron chi connectivity index (χ1n) is 6.84. The monoisotopic (exact) mass is 226 g/mol. The maximum Gasteiger partial charge on any atom is 0.0133 e. The smallest absolute Gasteiger partial charge is 0.0133 e. The molecule has 0 aromatic rings. The molecule has 0 spiro atoms. The van der Waals surface area contributed by atoms with Crippen molar-refractivity contribution >= 4 is 0 Å². The van der Waals surface area contributed by atoms with Crippen molar-refractivity contribution in [1.29, 1.82) is 0 Å². The maximum atomic E-state index is 5.94. The van der Waals surface area contributed by atoms with Crippen LogP contribution in [0.2, 0.25) is 0 Å². The second kappa shape index (κ2) is 6.02. The molecule has 0 aromatic carbocycles. The van der Waals surface area contributed by atoms with Crippen molar-refractivity contribution in [1.82, 2.24) is 4.90 Å². The Morgan fingerprint density at radius 2 is 1.75 bits per heavy atom. The van der Waals surface area contributed by atoms with E-state index in [4.69, 9.17) is 5.73 Å². The summed E-state index contributed by atoms with van der Waals surface area (Å²) < 4.78 is 0. The van der Waals surface area contributed by atoms with Gasteiger partial charge >= 0.3 is 0 Å². The predicted octanol–water partition coefficient (Wildman–Crippen LogP) is 2.87. The van der Waals surface area contributed by atoms with Crippen LogP contribution in [0, 0.1) is 11.3 Å². The van der Waals surface area contributed by atoms with Crippen molar-refractivity contribution in [3.63, 3.8) is 0 Å². The van der Waals surface area contributed by atoms with E-state index in [1.165, 1.54) is 38.6 Å². The first-order chi connectivity index (χ1) is 7.44. The minimum Gasteiger partial charge on any atom is -0.330 e. The predicted molar refractivity (Wildman–Crippen MR) is 71.5 cm³/mol. The van der Waals surface area contributed by atoms with Crippen LogP contribution in [0.15, 0.2) is 0 Å². The summed E-state index contributed by atoms with van der Waals surface area (Å²) in [5.74, 6) is 0.717. The molecule has 2 unspecified atom stereocenters. The quantitative estimate of drug-likeness (QED) is 0.750. The molecular formula is C14H30N2. The van der Waals surface area contributed by atoms with Gasteiger partial charge in [-0.25, -0.2) is 0 Å². The molecule has 1 aliphatic carbocycles. The Labute approximate surface area is 102 Å². The third-order valence-electron chi connectivity index (χ3n) is 3.71. The summed E-state index contributed by atoms with van der Waals surface area (Å²) in [6.07, 6.45) is 6.83. The van der Waals surface area contributed by atoms with E-state index in [1.807, 2.05) is 0 Å². The molecule has 2 nitrogen and oxygen atoms in total. The fourth-order valence-electron chi connectivity index (χ4n) is 3.09. The van der Waals surface area contributed by atoms with Gasteiger partial charge in [0.05, 0.1) is 0 Å². The minimum absolute atomic E-state index is 0.389. The molecule has 0 bridgehead atoms. The number of rotatable bonds is 3. The highest BCUT2D eigenvalue weighted by Gasteiger charge is 2.27. The molecule has 0 radical (unpaired) electrons. The van der Waals surface area contributed by atoms with Gasteiger partial charge < -0.3 is 10.6 Å². The summed E-state index contributed by atoms with van der Waals surface area (Å²) in [6, 6.07) is 0.715. The summed E-state index contributed by atoms with van der Waals surface area (Å²) in [7, 11) is 2.28. The highest BCUT2D eigenvalue weighted by Crippen LogP contribution is 2.28. The molecule has 2 atom stereocenters. The summed E-state index contributed by atoms with van der Waals surface area (Å²) in [5, 5.41) is 0. The third kappa shape index (κ3) is 4.42. The second-order valence-electron chi connectivity index (χ2n) is 6.68. The van der Waals surface area contributed by atoms with Crippen LogP contribution in [0.3, 0.4) is 0 Å². The van der Waals surface area contributed by atoms with Gasteiger partial charge in [-0.15, -0.1) is 0 Å². The van der Waals surface area contributed by atoms with Gasteiger partial charge in [-0.2, -0.15) is 0 Å². The maximum absolute atomic E-state index is 5.94. The van der Waals surface area contributed by atoms with Gasteiger partial charge in [0, 0.05) is 12.6 Å². The molecule has 0 heterocycles. The number of nitrogens with two attached hydrogens (primary N) is 1. The summed E-state index contributed by atoms with van der Waals surface area (Å²) in [4.78, 5) is 2.56. The summed E-state index contributed by atoms with van der Waals surface area (Å²) >= 11 is 0. The van der Waals surface area contributed by atoms with Crippen molar-refractivity contribution in [3.8, 4) is 0 Å². The molecule has 1 saturated carbocycles. The standard InChI is InChI=1S/C14H30N2/c1-14(2,3)11-16(4)13-9-7-5-6-8-12(13)10-15/h12-13H,5-11,15H2,1-4H3. The molecule has 0 amide bonds. The van der Waals surface area contributed by atoms with Crippen LogP contribution in [0.5, 0.6) is 0 Å². The van der Waals surface area contributed by atoms with Crippen LogP contribution >= 0.6 is 0 Å². The lowest BCUT2D eigenvalue weighted by Gasteiger charge is -2.37. The Bertz CT molecular complexity index is 195. The SMILES string of the molecule is CN(CC(C)(C)C)C1CCCCCC1CN. The normalized spacial score (nSPS) is 28.1. The lowest BCUT2D eigenvalue weighted by molar-refractivity contribution is 0.124. The number of hydrogen-bond acceptors (Lipinski definition) is 2. The fraction of sp³-hybridized carbons (Fsp3) is 1.00. The molecule has 96 valence electrons. The van der Waals surface area contributed by atoms with E-state index in [-0.39, 0.29) is 0 Å². The molecule has 1 aliphatic rings. The second-order valence-corrected chi connectivity index (χ2v) is 6.68. The zero-order valence-corrected chi connectivity index (χ0v) is 11.6. The molecular weight excluding hydrogens is 196 g/mol. The molecule has 1 rings (SSSR count). The number of nitrogens with zero attached hydrogens (tertiary/aromatic N) is 1. The Hall–Kier alpha value is -0.0800. The lowest BCUT2D eigenvalue weighted by atomic mass is 9.90. The number of hydrogen-bond donors (Lipinski definition) is 1. The van der Waals surface area contributed by atoms with Crippen molar-refractivity contribution in [2.75, 3.05) is 20.1 Å². The van der Waals surface area contributed by atoms with Gasteiger partial charge in [0.1, 0.15) is 0 Å². The van der Waals surface area contributed by atoms with Crippen molar-refractivity contribution in [3.05, 3.63) is 0 Å². The first kappa shape index (κ1) is 14.0. The fourth-order valence-corrected chi connectivity index (χ4v) is 3.09. The van der Waals surface area contributed by atoms with E-state index >= 15 is 0 Å². The van der Waals surface area contributed by atoms with Gasteiger partial charge in [0.2, 0.25) is 0 Å². The van der Waals surface area contributed by atoms with Crippen molar-refractivity contribution in [2.45, 2.75) is 58.9 Å². The van der Waals surface area contributed by atoms with Crippen LogP contribution in [-0.4, -0.2) is 31.1 Å². The van der Waals surface area contributed by atoms with Crippen LogP contribution in [0.4, 0.5) is 0 Å². The van der Waals surface area contributed by atoms with E-state index < -0.39 is 0 Å². The molecule has 16 heavy (non-hydrogen) atoms. The molecule has 0 aliphatic heterocycles. The lowest BCUT2D eigenvalue weighted by Crippen LogP contribution is -2.44. The third-order valence-corrected chi connectivity index (χ3v) is 3.71. The van der Waals surface area contributed by atoms with Gasteiger partial charge in [-0.3, -0.25) is 0 Å². The van der Waals surface area contributed by atoms with Gasteiger partial charge in [-0.05, 0) is 37.8 Å². The highest BCUT2D eigenvalue weighted by atomic mass is 15.1. The Kier molecular flexibility index (Phi) is 5.26. The summed E-state index contributed by atoms with van der Waals surface area (Å²) in [6.45, 7) is 8.99. The van der Waals surface area contributed by atoms with Crippen LogP contribution in [0.25, 0.3) is 0 Å². The van der Waals surface area contributed by atoms with Crippen LogP contribution < -0.4 is 5.73 Å². The van der Waals surface area contributed by atoms with Gasteiger partial charge in [-0.1, -0.05) is 40.0 Å². The largest absolute Gasteiger partial charge is 0.330 e. The zero-order chi connectivity index (χ0) is 12.2. The van der Waals surface area contributed by atoms with E-state index in [0.29, 0.717) is 11.5 Å². The Balaban J connectivity index is 2.59. The van der Waals surface area contributed by atoms with Crippen LogP contribution in [0.1, 0.15) is 52.9 Å². The van der Waals surface area contributed by atoms with E-state index in [1.54, 1.807) is 0 Å². The first-order valence-corrected chi connectivity index (χ1v) is 6.84. The van der Waals surface area contributed by atoms with E-state index in [2.05, 4.69) is 32.7 Å². The highest BCUT2D eigenvalue weighted by molar-refractivity contribution is 4.83. The molecule has 0 aromatic heterocycles. The molecule has 2 heteroatoms. The minimum atomic E-state index is 0.389.